The molecule has 0 saturated carbocycles. The summed E-state index contributed by atoms with van der Waals surface area (Å²) in [6.07, 6.45) is 0.000882. The van der Waals surface area contributed by atoms with Gasteiger partial charge in [0.2, 0.25) is 0 Å². The van der Waals surface area contributed by atoms with Gasteiger partial charge in [-0.2, -0.15) is 0 Å². The largest absolute Gasteiger partial charge is 0.507 e. The van der Waals surface area contributed by atoms with Crippen molar-refractivity contribution >= 4 is 23.1 Å². The van der Waals surface area contributed by atoms with Gasteiger partial charge in [-0.1, -0.05) is 24.3 Å². The molecule has 3 rings (SSSR count). The molecule has 2 aromatic carbocycles. The molecular weight excluding hydrogens is 420 g/mol. The second-order valence-electron chi connectivity index (χ2n) is 8.36. The van der Waals surface area contributed by atoms with Crippen molar-refractivity contribution in [3.63, 3.8) is 0 Å². The van der Waals surface area contributed by atoms with Gasteiger partial charge in [-0.3, -0.25) is 9.59 Å². The molecule has 7 heteroatoms. The molecule has 0 bridgehead atoms. The Kier molecular flexibility index (Phi) is 7.76. The van der Waals surface area contributed by atoms with Crippen LogP contribution in [0.1, 0.15) is 37.9 Å². The van der Waals surface area contributed by atoms with Gasteiger partial charge in [0.15, 0.2) is 0 Å². The van der Waals surface area contributed by atoms with E-state index < -0.39 is 17.7 Å². The summed E-state index contributed by atoms with van der Waals surface area (Å²) in [6, 6.07) is 13.8. The summed E-state index contributed by atoms with van der Waals surface area (Å²) < 4.78 is 11.2. The van der Waals surface area contributed by atoms with Gasteiger partial charge in [-0.05, 0) is 50.6 Å². The van der Waals surface area contributed by atoms with Crippen LogP contribution in [0, 0.1) is 0 Å². The highest BCUT2D eigenvalue weighted by molar-refractivity contribution is 6.46. The zero-order chi connectivity index (χ0) is 24.1. The van der Waals surface area contributed by atoms with E-state index in [1.165, 1.54) is 4.90 Å². The van der Waals surface area contributed by atoms with Crippen LogP contribution in [0.3, 0.4) is 0 Å². The number of Topliss-reactive ketones (excluding diaryl/α,β-unsaturated/α-hetero) is 1. The van der Waals surface area contributed by atoms with Crippen LogP contribution in [0.25, 0.3) is 5.76 Å². The topological polar surface area (TPSA) is 79.3 Å². The first-order valence-electron chi connectivity index (χ1n) is 11.1. The highest BCUT2D eigenvalue weighted by Gasteiger charge is 2.45. The number of aliphatic hydroxyl groups excluding tert-OH is 1. The number of anilines is 1. The normalized spacial score (nSPS) is 17.6. The van der Waals surface area contributed by atoms with Crippen molar-refractivity contribution in [1.82, 2.24) is 4.90 Å². The average molecular weight is 453 g/mol. The van der Waals surface area contributed by atoms with Crippen LogP contribution in [-0.4, -0.2) is 61.7 Å². The number of carbonyl (C=O) groups excluding carboxylic acids is 2. The Labute approximate surface area is 195 Å². The summed E-state index contributed by atoms with van der Waals surface area (Å²) in [5.41, 5.74) is 2.22. The van der Waals surface area contributed by atoms with Crippen LogP contribution in [0.4, 0.5) is 5.69 Å². The van der Waals surface area contributed by atoms with Crippen LogP contribution in [-0.2, 0) is 14.3 Å². The van der Waals surface area contributed by atoms with Crippen LogP contribution >= 0.6 is 0 Å². The lowest BCUT2D eigenvalue weighted by Gasteiger charge is -2.26. The predicted octanol–water partition coefficient (Wildman–Crippen LogP) is 4.00. The van der Waals surface area contributed by atoms with Crippen molar-refractivity contribution in [2.24, 2.45) is 0 Å². The minimum absolute atomic E-state index is 0.000882. The Morgan fingerprint density at radius 3 is 2.42 bits per heavy atom. The lowest BCUT2D eigenvalue weighted by Crippen LogP contribution is -2.33. The number of benzene rings is 2. The minimum Gasteiger partial charge on any atom is -0.507 e. The van der Waals surface area contributed by atoms with Crippen LogP contribution in [0.5, 0.6) is 5.75 Å². The first-order valence-corrected chi connectivity index (χ1v) is 11.1. The number of rotatable bonds is 9. The number of aliphatic hydroxyl groups is 1. The molecule has 0 aromatic heterocycles. The number of nitrogens with zero attached hydrogens (tertiary/aromatic N) is 2. The Balaban J connectivity index is 2.09. The second-order valence-corrected chi connectivity index (χ2v) is 8.36. The number of hydrogen-bond acceptors (Lipinski definition) is 6. The third kappa shape index (κ3) is 5.37. The monoisotopic (exact) mass is 452 g/mol. The van der Waals surface area contributed by atoms with Crippen LogP contribution < -0.4 is 9.64 Å². The smallest absolute Gasteiger partial charge is 0.295 e. The van der Waals surface area contributed by atoms with Gasteiger partial charge in [-0.15, -0.1) is 0 Å². The van der Waals surface area contributed by atoms with Gasteiger partial charge in [0.25, 0.3) is 11.7 Å². The fourth-order valence-electron chi connectivity index (χ4n) is 3.85. The predicted molar refractivity (Wildman–Crippen MR) is 128 cm³/mol. The molecule has 1 N–H and O–H groups in total. The first-order chi connectivity index (χ1) is 15.7. The Bertz CT molecular complexity index is 1030. The van der Waals surface area contributed by atoms with Crippen molar-refractivity contribution in [1.29, 1.82) is 0 Å². The summed E-state index contributed by atoms with van der Waals surface area (Å²) in [6.45, 7) is 6.70. The SMILES string of the molecule is CCOc1cccc(/C(O)=C2/C(=O)C(=O)N(CCOC(C)C)C2c2ccc(N(C)C)cc2)c1. The molecule has 33 heavy (non-hydrogen) atoms. The molecule has 7 nitrogen and oxygen atoms in total. The van der Waals surface area contributed by atoms with E-state index in [9.17, 15) is 14.7 Å². The van der Waals surface area contributed by atoms with E-state index in [0.717, 1.165) is 11.3 Å². The summed E-state index contributed by atoms with van der Waals surface area (Å²) in [7, 11) is 3.88. The van der Waals surface area contributed by atoms with E-state index in [2.05, 4.69) is 0 Å². The number of carbonyl (C=O) groups is 2. The molecule has 0 aliphatic carbocycles. The first kappa shape index (κ1) is 24.3. The lowest BCUT2D eigenvalue weighted by atomic mass is 9.95. The van der Waals surface area contributed by atoms with Gasteiger partial charge in [0, 0.05) is 31.9 Å². The van der Waals surface area contributed by atoms with Gasteiger partial charge in [0.05, 0.1) is 30.9 Å². The number of ketones is 1. The maximum atomic E-state index is 13.1. The molecule has 1 amide bonds. The maximum Gasteiger partial charge on any atom is 0.295 e. The van der Waals surface area contributed by atoms with Gasteiger partial charge in [-0.25, -0.2) is 0 Å². The molecule has 0 radical (unpaired) electrons. The Hall–Kier alpha value is -3.32. The van der Waals surface area contributed by atoms with Crippen molar-refractivity contribution in [2.45, 2.75) is 32.9 Å². The number of ether oxygens (including phenoxy) is 2. The van der Waals surface area contributed by atoms with Gasteiger partial charge >= 0.3 is 0 Å². The van der Waals surface area contributed by atoms with E-state index >= 15 is 0 Å². The standard InChI is InChI=1S/C26H32N2O5/c1-6-32-21-9-7-8-19(16-21)24(29)22-23(18-10-12-20(13-11-18)27(4)5)28(26(31)25(22)30)14-15-33-17(2)3/h7-13,16-17,23,29H,6,14-15H2,1-5H3/b24-22-. The van der Waals surface area contributed by atoms with Crippen molar-refractivity contribution in [2.75, 3.05) is 38.8 Å². The third-order valence-electron chi connectivity index (χ3n) is 5.47. The summed E-state index contributed by atoms with van der Waals surface area (Å²) in [5, 5.41) is 11.2. The van der Waals surface area contributed by atoms with Crippen molar-refractivity contribution in [3.05, 3.63) is 65.2 Å². The highest BCUT2D eigenvalue weighted by atomic mass is 16.5. The fraction of sp³-hybridized carbons (Fsp3) is 0.385. The van der Waals surface area contributed by atoms with Crippen LogP contribution in [0.15, 0.2) is 54.1 Å². The molecule has 1 fully saturated rings. The molecule has 2 aromatic rings. The molecule has 1 aliphatic rings. The number of amides is 1. The fourth-order valence-corrected chi connectivity index (χ4v) is 3.85. The minimum atomic E-state index is -0.715. The molecule has 1 heterocycles. The molecular formula is C26H32N2O5. The van der Waals surface area contributed by atoms with Crippen LogP contribution in [0.2, 0.25) is 0 Å². The van der Waals surface area contributed by atoms with E-state index in [4.69, 9.17) is 9.47 Å². The van der Waals surface area contributed by atoms with Crippen molar-refractivity contribution < 1.29 is 24.2 Å². The van der Waals surface area contributed by atoms with E-state index in [-0.39, 0.29) is 30.6 Å². The van der Waals surface area contributed by atoms with E-state index in [0.29, 0.717) is 17.9 Å². The van der Waals surface area contributed by atoms with Gasteiger partial charge in [0.1, 0.15) is 11.5 Å². The Morgan fingerprint density at radius 2 is 1.82 bits per heavy atom. The lowest BCUT2D eigenvalue weighted by molar-refractivity contribution is -0.140. The molecule has 0 spiro atoms. The summed E-state index contributed by atoms with van der Waals surface area (Å²) in [4.78, 5) is 29.6. The molecule has 1 atom stereocenters. The van der Waals surface area contributed by atoms with E-state index in [1.54, 1.807) is 24.3 Å². The maximum absolute atomic E-state index is 13.1. The average Bonchev–Trinajstić information content (AvgIpc) is 3.04. The van der Waals surface area contributed by atoms with Crippen molar-refractivity contribution in [3.8, 4) is 5.75 Å². The molecule has 1 saturated heterocycles. The number of likely N-dealkylation sites (tertiary alicyclic amines) is 1. The quantitative estimate of drug-likeness (QED) is 0.352. The van der Waals surface area contributed by atoms with E-state index in [1.807, 2.05) is 64.0 Å². The summed E-state index contributed by atoms with van der Waals surface area (Å²) in [5.74, 6) is -0.996. The Morgan fingerprint density at radius 1 is 1.12 bits per heavy atom. The zero-order valence-electron chi connectivity index (χ0n) is 19.9. The third-order valence-corrected chi connectivity index (χ3v) is 5.47. The highest BCUT2D eigenvalue weighted by Crippen LogP contribution is 2.40. The molecule has 176 valence electrons. The molecule has 1 unspecified atom stereocenters. The van der Waals surface area contributed by atoms with Gasteiger partial charge < -0.3 is 24.4 Å². The second kappa shape index (κ2) is 10.5. The zero-order valence-corrected chi connectivity index (χ0v) is 19.9. The number of hydrogen-bond donors (Lipinski definition) is 1. The summed E-state index contributed by atoms with van der Waals surface area (Å²) >= 11 is 0. The molecule has 1 aliphatic heterocycles.